The second-order valence-electron chi connectivity index (χ2n) is 5.26. The fraction of sp³-hybridized carbons (Fsp3) is 0.600. The second kappa shape index (κ2) is 7.38. The summed E-state index contributed by atoms with van der Waals surface area (Å²) in [6.07, 6.45) is 0.998. The van der Waals surface area contributed by atoms with E-state index in [1.807, 2.05) is 11.8 Å². The second-order valence-corrected chi connectivity index (χ2v) is 6.41. The van der Waals surface area contributed by atoms with E-state index in [9.17, 15) is 8.78 Å². The third-order valence-corrected chi connectivity index (χ3v) is 4.73. The van der Waals surface area contributed by atoms with Crippen molar-refractivity contribution in [3.8, 4) is 0 Å². The lowest BCUT2D eigenvalue weighted by Crippen LogP contribution is -2.48. The smallest absolute Gasteiger partial charge is 0.126 e. The van der Waals surface area contributed by atoms with Crippen LogP contribution in [0.25, 0.3) is 0 Å². The van der Waals surface area contributed by atoms with Crippen molar-refractivity contribution in [2.24, 2.45) is 0 Å². The van der Waals surface area contributed by atoms with Gasteiger partial charge in [-0.15, -0.1) is 0 Å². The van der Waals surface area contributed by atoms with Crippen LogP contribution in [0.2, 0.25) is 0 Å². The molecular weight excluding hydrogens is 278 g/mol. The average Bonchev–Trinajstić information content (AvgIpc) is 2.40. The first-order chi connectivity index (χ1) is 9.61. The highest BCUT2D eigenvalue weighted by molar-refractivity contribution is 7.99. The number of thioether (sulfide) groups is 1. The molecule has 20 heavy (non-hydrogen) atoms. The molecular formula is C15H22F2N2S. The Morgan fingerprint density at radius 2 is 2.05 bits per heavy atom. The zero-order valence-corrected chi connectivity index (χ0v) is 12.9. The number of hydrogen-bond donors (Lipinski definition) is 1. The van der Waals surface area contributed by atoms with Crippen molar-refractivity contribution < 1.29 is 8.78 Å². The number of likely N-dealkylation sites (N-methyl/N-ethyl adjacent to an activating group) is 1. The molecule has 0 aromatic heterocycles. The number of hydrogen-bond acceptors (Lipinski definition) is 3. The van der Waals surface area contributed by atoms with E-state index < -0.39 is 11.6 Å². The van der Waals surface area contributed by atoms with Gasteiger partial charge in [0.2, 0.25) is 0 Å². The summed E-state index contributed by atoms with van der Waals surface area (Å²) in [6.45, 7) is 3.95. The summed E-state index contributed by atoms with van der Waals surface area (Å²) in [5.74, 6) is 1.09. The summed E-state index contributed by atoms with van der Waals surface area (Å²) < 4.78 is 27.0. The highest BCUT2D eigenvalue weighted by Gasteiger charge is 2.29. The van der Waals surface area contributed by atoms with Crippen LogP contribution in [0, 0.1) is 11.6 Å². The molecule has 1 aromatic carbocycles. The molecule has 1 heterocycles. The minimum Gasteiger partial charge on any atom is -0.309 e. The number of halogens is 2. The van der Waals surface area contributed by atoms with Crippen LogP contribution in [0.5, 0.6) is 0 Å². The molecule has 1 aliphatic rings. The van der Waals surface area contributed by atoms with Gasteiger partial charge in [-0.05, 0) is 37.7 Å². The van der Waals surface area contributed by atoms with Gasteiger partial charge in [-0.25, -0.2) is 8.78 Å². The maximum atomic E-state index is 13.5. The van der Waals surface area contributed by atoms with Crippen molar-refractivity contribution in [1.82, 2.24) is 10.2 Å². The quantitative estimate of drug-likeness (QED) is 0.900. The summed E-state index contributed by atoms with van der Waals surface area (Å²) in [7, 11) is 2.08. The third-order valence-electron chi connectivity index (χ3n) is 3.69. The molecule has 0 aliphatic carbocycles. The van der Waals surface area contributed by atoms with E-state index in [-0.39, 0.29) is 12.1 Å². The van der Waals surface area contributed by atoms with Crippen LogP contribution in [0.15, 0.2) is 18.2 Å². The molecule has 1 aliphatic heterocycles. The van der Waals surface area contributed by atoms with E-state index in [0.29, 0.717) is 5.56 Å². The predicted octanol–water partition coefficient (Wildman–Crippen LogP) is 3.05. The molecule has 2 unspecified atom stereocenters. The molecule has 1 fully saturated rings. The molecule has 0 bridgehead atoms. The van der Waals surface area contributed by atoms with E-state index in [2.05, 4.69) is 24.2 Å². The van der Waals surface area contributed by atoms with Gasteiger partial charge >= 0.3 is 0 Å². The number of nitrogens with one attached hydrogen (secondary N) is 1. The first-order valence-corrected chi connectivity index (χ1v) is 8.24. The van der Waals surface area contributed by atoms with Crippen molar-refractivity contribution in [3.05, 3.63) is 35.4 Å². The zero-order valence-electron chi connectivity index (χ0n) is 12.0. The lowest BCUT2D eigenvalue weighted by atomic mass is 9.98. The van der Waals surface area contributed by atoms with E-state index in [1.165, 1.54) is 12.1 Å². The van der Waals surface area contributed by atoms with E-state index in [0.717, 1.165) is 37.1 Å². The van der Waals surface area contributed by atoms with Crippen molar-refractivity contribution in [2.75, 3.05) is 31.6 Å². The number of benzene rings is 1. The fourth-order valence-electron chi connectivity index (χ4n) is 2.59. The lowest BCUT2D eigenvalue weighted by Gasteiger charge is -2.38. The van der Waals surface area contributed by atoms with Crippen LogP contribution < -0.4 is 5.32 Å². The molecule has 0 radical (unpaired) electrons. The maximum absolute atomic E-state index is 13.5. The Bertz CT molecular complexity index is 422. The van der Waals surface area contributed by atoms with Crippen LogP contribution in [-0.4, -0.2) is 42.6 Å². The molecule has 1 saturated heterocycles. The Kier molecular flexibility index (Phi) is 5.81. The van der Waals surface area contributed by atoms with Crippen molar-refractivity contribution in [3.63, 3.8) is 0 Å². The van der Waals surface area contributed by atoms with Gasteiger partial charge < -0.3 is 5.32 Å². The standard InChI is InChI=1S/C15H22F2N2S/c1-3-4-18-15(14-10-20-6-5-19(14)2)11-7-12(16)9-13(17)8-11/h7-9,14-15,18H,3-6,10H2,1-2H3. The molecule has 2 rings (SSSR count). The lowest BCUT2D eigenvalue weighted by molar-refractivity contribution is 0.215. The summed E-state index contributed by atoms with van der Waals surface area (Å²) in [5, 5.41) is 3.45. The Morgan fingerprint density at radius 1 is 1.35 bits per heavy atom. The Morgan fingerprint density at radius 3 is 2.65 bits per heavy atom. The fourth-order valence-corrected chi connectivity index (χ4v) is 3.86. The van der Waals surface area contributed by atoms with E-state index in [4.69, 9.17) is 0 Å². The molecule has 5 heteroatoms. The molecule has 2 atom stereocenters. The Hall–Kier alpha value is -0.650. The normalized spacial score (nSPS) is 21.9. The summed E-state index contributed by atoms with van der Waals surface area (Å²) >= 11 is 1.90. The predicted molar refractivity (Wildman–Crippen MR) is 81.1 cm³/mol. The Balaban J connectivity index is 2.25. The summed E-state index contributed by atoms with van der Waals surface area (Å²) in [5.41, 5.74) is 0.704. The van der Waals surface area contributed by atoms with Crippen LogP contribution >= 0.6 is 11.8 Å². The van der Waals surface area contributed by atoms with Crippen LogP contribution in [0.1, 0.15) is 24.9 Å². The monoisotopic (exact) mass is 300 g/mol. The first-order valence-electron chi connectivity index (χ1n) is 7.09. The molecule has 0 saturated carbocycles. The molecule has 2 nitrogen and oxygen atoms in total. The minimum atomic E-state index is -0.505. The van der Waals surface area contributed by atoms with Crippen LogP contribution in [0.4, 0.5) is 8.78 Å². The van der Waals surface area contributed by atoms with Gasteiger partial charge in [-0.2, -0.15) is 11.8 Å². The largest absolute Gasteiger partial charge is 0.309 e. The van der Waals surface area contributed by atoms with Gasteiger partial charge in [0.25, 0.3) is 0 Å². The summed E-state index contributed by atoms with van der Waals surface area (Å²) in [6, 6.07) is 4.06. The minimum absolute atomic E-state index is 0.0297. The summed E-state index contributed by atoms with van der Waals surface area (Å²) in [4.78, 5) is 2.28. The average molecular weight is 300 g/mol. The number of rotatable bonds is 5. The highest BCUT2D eigenvalue weighted by Crippen LogP contribution is 2.27. The van der Waals surface area contributed by atoms with Gasteiger partial charge in [-0.1, -0.05) is 6.92 Å². The van der Waals surface area contributed by atoms with Crippen LogP contribution in [-0.2, 0) is 0 Å². The van der Waals surface area contributed by atoms with E-state index >= 15 is 0 Å². The molecule has 0 amide bonds. The van der Waals surface area contributed by atoms with E-state index in [1.54, 1.807) is 0 Å². The zero-order chi connectivity index (χ0) is 14.5. The van der Waals surface area contributed by atoms with Gasteiger partial charge in [0, 0.05) is 36.2 Å². The van der Waals surface area contributed by atoms with Gasteiger partial charge in [0.05, 0.1) is 0 Å². The van der Waals surface area contributed by atoms with Crippen molar-refractivity contribution in [1.29, 1.82) is 0 Å². The topological polar surface area (TPSA) is 15.3 Å². The van der Waals surface area contributed by atoms with Gasteiger partial charge in [0.1, 0.15) is 11.6 Å². The SMILES string of the molecule is CCCNC(c1cc(F)cc(F)c1)C1CSCCN1C. The maximum Gasteiger partial charge on any atom is 0.126 e. The van der Waals surface area contributed by atoms with Gasteiger partial charge in [0.15, 0.2) is 0 Å². The molecule has 1 N–H and O–H groups in total. The third kappa shape index (κ3) is 3.93. The first kappa shape index (κ1) is 15.7. The molecule has 0 spiro atoms. The molecule has 1 aromatic rings. The van der Waals surface area contributed by atoms with Crippen molar-refractivity contribution in [2.45, 2.75) is 25.4 Å². The van der Waals surface area contributed by atoms with Gasteiger partial charge in [-0.3, -0.25) is 4.90 Å². The Labute approximate surface area is 123 Å². The van der Waals surface area contributed by atoms with Crippen LogP contribution in [0.3, 0.4) is 0 Å². The molecule has 112 valence electrons. The number of nitrogens with zero attached hydrogens (tertiary/aromatic N) is 1. The van der Waals surface area contributed by atoms with Crippen molar-refractivity contribution >= 4 is 11.8 Å². The highest BCUT2D eigenvalue weighted by atomic mass is 32.2.